The quantitative estimate of drug-likeness (QED) is 0.790. The molecule has 1 aromatic rings. The molecule has 0 aromatic heterocycles. The molecule has 100 valence electrons. The maximum Gasteiger partial charge on any atom is 0.328 e. The summed E-state index contributed by atoms with van der Waals surface area (Å²) in [5.41, 5.74) is 1.95. The molecule has 18 heavy (non-hydrogen) atoms. The maximum absolute atomic E-state index is 11.5. The number of ether oxygens (including phenoxy) is 2. The molecule has 0 bridgehead atoms. The summed E-state index contributed by atoms with van der Waals surface area (Å²) < 4.78 is 10.2. The number of carbonyl (C=O) groups is 1. The minimum atomic E-state index is -0.363. The second kappa shape index (κ2) is 7.01. The van der Waals surface area contributed by atoms with Gasteiger partial charge in [-0.1, -0.05) is 12.1 Å². The van der Waals surface area contributed by atoms with Gasteiger partial charge in [-0.25, -0.2) is 4.79 Å². The van der Waals surface area contributed by atoms with E-state index in [4.69, 9.17) is 9.47 Å². The van der Waals surface area contributed by atoms with Crippen molar-refractivity contribution in [2.45, 2.75) is 32.9 Å². The molecule has 0 aliphatic carbocycles. The molecule has 2 atom stereocenters. The van der Waals surface area contributed by atoms with Gasteiger partial charge in [0.1, 0.15) is 6.04 Å². The third-order valence-corrected chi connectivity index (χ3v) is 2.73. The van der Waals surface area contributed by atoms with E-state index >= 15 is 0 Å². The van der Waals surface area contributed by atoms with Crippen LogP contribution in [0.25, 0.3) is 0 Å². The zero-order valence-corrected chi connectivity index (χ0v) is 11.4. The van der Waals surface area contributed by atoms with Gasteiger partial charge in [-0.2, -0.15) is 0 Å². The third-order valence-electron chi connectivity index (χ3n) is 2.73. The van der Waals surface area contributed by atoms with E-state index in [1.54, 1.807) is 21.0 Å². The summed E-state index contributed by atoms with van der Waals surface area (Å²) in [6.07, 6.45) is 0.0321. The molecule has 0 saturated heterocycles. The molecule has 0 unspecified atom stereocenters. The summed E-state index contributed by atoms with van der Waals surface area (Å²) in [7, 11) is 1.67. The number of hydrogen-bond acceptors (Lipinski definition) is 4. The van der Waals surface area contributed by atoms with Crippen LogP contribution in [0.2, 0.25) is 0 Å². The summed E-state index contributed by atoms with van der Waals surface area (Å²) in [4.78, 5) is 11.5. The number of anilines is 1. The van der Waals surface area contributed by atoms with Gasteiger partial charge in [-0.3, -0.25) is 0 Å². The minimum absolute atomic E-state index is 0.0321. The highest BCUT2D eigenvalue weighted by Crippen LogP contribution is 2.20. The Morgan fingerprint density at radius 2 is 2.11 bits per heavy atom. The monoisotopic (exact) mass is 251 g/mol. The molecule has 0 radical (unpaired) electrons. The van der Waals surface area contributed by atoms with Gasteiger partial charge in [-0.15, -0.1) is 0 Å². The van der Waals surface area contributed by atoms with Gasteiger partial charge in [0.05, 0.1) is 12.7 Å². The predicted molar refractivity (Wildman–Crippen MR) is 71.6 cm³/mol. The highest BCUT2D eigenvalue weighted by molar-refractivity contribution is 5.78. The molecule has 0 amide bonds. The number of carbonyl (C=O) groups excluding carboxylic acids is 1. The fraction of sp³-hybridized carbons (Fsp3) is 0.500. The zero-order chi connectivity index (χ0) is 13.5. The number of methoxy groups -OCH3 is 1. The Balaban J connectivity index is 2.70. The van der Waals surface area contributed by atoms with Crippen LogP contribution in [-0.4, -0.2) is 25.7 Å². The molecule has 1 rings (SSSR count). The summed E-state index contributed by atoms with van der Waals surface area (Å²) >= 11 is 0. The van der Waals surface area contributed by atoms with Crippen LogP contribution >= 0.6 is 0 Å². The lowest BCUT2D eigenvalue weighted by Gasteiger charge is -2.16. The predicted octanol–water partition coefficient (Wildman–Crippen LogP) is 2.76. The molecule has 4 heteroatoms. The average Bonchev–Trinajstić information content (AvgIpc) is 2.38. The Morgan fingerprint density at radius 3 is 2.72 bits per heavy atom. The number of hydrogen-bond donors (Lipinski definition) is 1. The molecular weight excluding hydrogens is 230 g/mol. The van der Waals surface area contributed by atoms with Crippen molar-refractivity contribution in [2.24, 2.45) is 0 Å². The number of benzene rings is 1. The molecule has 0 aliphatic rings. The van der Waals surface area contributed by atoms with E-state index < -0.39 is 0 Å². The second-order valence-corrected chi connectivity index (χ2v) is 4.12. The first kappa shape index (κ1) is 14.5. The first-order chi connectivity index (χ1) is 8.58. The van der Waals surface area contributed by atoms with Crippen molar-refractivity contribution in [3.8, 4) is 0 Å². The van der Waals surface area contributed by atoms with E-state index in [-0.39, 0.29) is 18.1 Å². The van der Waals surface area contributed by atoms with Gasteiger partial charge in [0.2, 0.25) is 0 Å². The molecule has 0 heterocycles. The van der Waals surface area contributed by atoms with E-state index in [1.807, 2.05) is 31.2 Å². The molecule has 0 fully saturated rings. The number of rotatable bonds is 6. The molecule has 4 nitrogen and oxygen atoms in total. The fourth-order valence-corrected chi connectivity index (χ4v) is 1.59. The Hall–Kier alpha value is -1.55. The van der Waals surface area contributed by atoms with Crippen molar-refractivity contribution >= 4 is 11.7 Å². The molecule has 0 saturated carbocycles. The van der Waals surface area contributed by atoms with Crippen LogP contribution in [0.5, 0.6) is 0 Å². The topological polar surface area (TPSA) is 47.6 Å². The molecule has 0 spiro atoms. The van der Waals surface area contributed by atoms with Crippen LogP contribution in [0.1, 0.15) is 32.4 Å². The van der Waals surface area contributed by atoms with Crippen molar-refractivity contribution in [1.82, 2.24) is 0 Å². The first-order valence-electron chi connectivity index (χ1n) is 6.14. The first-order valence-corrected chi connectivity index (χ1v) is 6.14. The molecular formula is C14H21NO3. The Bertz CT molecular complexity index is 392. The lowest BCUT2D eigenvalue weighted by Crippen LogP contribution is -2.28. The fourth-order valence-electron chi connectivity index (χ4n) is 1.59. The molecule has 1 aromatic carbocycles. The van der Waals surface area contributed by atoms with Gasteiger partial charge in [-0.05, 0) is 38.5 Å². The van der Waals surface area contributed by atoms with Crippen molar-refractivity contribution in [3.05, 3.63) is 29.8 Å². The van der Waals surface area contributed by atoms with Crippen LogP contribution in [0, 0.1) is 0 Å². The Labute approximate surface area is 108 Å². The van der Waals surface area contributed by atoms with E-state index in [9.17, 15) is 4.79 Å². The van der Waals surface area contributed by atoms with Crippen LogP contribution in [0.3, 0.4) is 0 Å². The average molecular weight is 251 g/mol. The number of esters is 1. The lowest BCUT2D eigenvalue weighted by atomic mass is 10.1. The highest BCUT2D eigenvalue weighted by atomic mass is 16.5. The summed E-state index contributed by atoms with van der Waals surface area (Å²) in [5, 5.41) is 3.12. The standard InChI is InChI=1S/C14H21NO3/c1-5-18-14(16)10(2)15-13-8-6-7-12(9-13)11(3)17-4/h6-11,15H,5H2,1-4H3/t10-,11-/m0/s1. The van der Waals surface area contributed by atoms with Crippen molar-refractivity contribution < 1.29 is 14.3 Å². The second-order valence-electron chi connectivity index (χ2n) is 4.12. The summed E-state index contributed by atoms with van der Waals surface area (Å²) in [6.45, 7) is 5.95. The van der Waals surface area contributed by atoms with E-state index in [2.05, 4.69) is 5.32 Å². The normalized spacial score (nSPS) is 13.8. The maximum atomic E-state index is 11.5. The Morgan fingerprint density at radius 1 is 1.39 bits per heavy atom. The van der Waals surface area contributed by atoms with E-state index in [0.29, 0.717) is 6.61 Å². The van der Waals surface area contributed by atoms with Crippen LogP contribution in [-0.2, 0) is 14.3 Å². The summed E-state index contributed by atoms with van der Waals surface area (Å²) in [6, 6.07) is 7.46. The van der Waals surface area contributed by atoms with E-state index in [0.717, 1.165) is 11.3 Å². The number of nitrogens with one attached hydrogen (secondary N) is 1. The van der Waals surface area contributed by atoms with Gasteiger partial charge in [0.25, 0.3) is 0 Å². The highest BCUT2D eigenvalue weighted by Gasteiger charge is 2.13. The van der Waals surface area contributed by atoms with Crippen LogP contribution in [0.4, 0.5) is 5.69 Å². The van der Waals surface area contributed by atoms with Gasteiger partial charge >= 0.3 is 5.97 Å². The van der Waals surface area contributed by atoms with Gasteiger partial charge in [0, 0.05) is 12.8 Å². The van der Waals surface area contributed by atoms with Crippen LogP contribution in [0.15, 0.2) is 24.3 Å². The SMILES string of the molecule is CCOC(=O)[C@H](C)Nc1cccc([C@H](C)OC)c1. The smallest absolute Gasteiger partial charge is 0.328 e. The van der Waals surface area contributed by atoms with Gasteiger partial charge in [0.15, 0.2) is 0 Å². The Kier molecular flexibility index (Phi) is 5.65. The lowest BCUT2D eigenvalue weighted by molar-refractivity contribution is -0.143. The largest absolute Gasteiger partial charge is 0.464 e. The zero-order valence-electron chi connectivity index (χ0n) is 11.4. The van der Waals surface area contributed by atoms with Crippen LogP contribution < -0.4 is 5.32 Å². The van der Waals surface area contributed by atoms with Crippen molar-refractivity contribution in [2.75, 3.05) is 19.0 Å². The molecule has 1 N–H and O–H groups in total. The van der Waals surface area contributed by atoms with Crippen molar-refractivity contribution in [1.29, 1.82) is 0 Å². The molecule has 0 aliphatic heterocycles. The minimum Gasteiger partial charge on any atom is -0.464 e. The summed E-state index contributed by atoms with van der Waals surface area (Å²) in [5.74, 6) is -0.248. The van der Waals surface area contributed by atoms with Gasteiger partial charge < -0.3 is 14.8 Å². The third kappa shape index (κ3) is 4.04. The van der Waals surface area contributed by atoms with E-state index in [1.165, 1.54) is 0 Å². The van der Waals surface area contributed by atoms with Crippen molar-refractivity contribution in [3.63, 3.8) is 0 Å².